The second-order valence-corrected chi connectivity index (χ2v) is 7.94. The molecule has 21 heavy (non-hydrogen) atoms. The first kappa shape index (κ1) is 15.0. The topological polar surface area (TPSA) is 66.9 Å². The van der Waals surface area contributed by atoms with Crippen molar-refractivity contribution in [1.29, 1.82) is 0 Å². The number of hydrogen-bond donors (Lipinski definition) is 0. The number of amides is 2. The highest BCUT2D eigenvalue weighted by atomic mass is 32.2. The van der Waals surface area contributed by atoms with Crippen LogP contribution in [0.1, 0.15) is 25.7 Å². The zero-order valence-corrected chi connectivity index (χ0v) is 13.2. The maximum absolute atomic E-state index is 12.5. The molecule has 3 fully saturated rings. The summed E-state index contributed by atoms with van der Waals surface area (Å²) in [6.45, 7) is 1.95. The van der Waals surface area contributed by atoms with Crippen LogP contribution in [0.25, 0.3) is 0 Å². The van der Waals surface area contributed by atoms with Gasteiger partial charge in [-0.25, -0.2) is 0 Å². The Morgan fingerprint density at radius 1 is 1.38 bits per heavy atom. The summed E-state index contributed by atoms with van der Waals surface area (Å²) in [7, 11) is 0.364. The van der Waals surface area contributed by atoms with Gasteiger partial charge in [-0.05, 0) is 18.8 Å². The highest BCUT2D eigenvalue weighted by Gasteiger charge is 2.53. The van der Waals surface area contributed by atoms with Gasteiger partial charge in [-0.1, -0.05) is 0 Å². The van der Waals surface area contributed by atoms with Crippen molar-refractivity contribution in [2.45, 2.75) is 30.6 Å². The van der Waals surface area contributed by atoms with Crippen LogP contribution >= 0.6 is 0 Å². The van der Waals surface area contributed by atoms with E-state index < -0.39 is 15.7 Å². The molecule has 1 unspecified atom stereocenters. The number of ether oxygens (including phenoxy) is 1. The van der Waals surface area contributed by atoms with Gasteiger partial charge in [0.05, 0.1) is 10.8 Å². The molecule has 0 radical (unpaired) electrons. The van der Waals surface area contributed by atoms with E-state index in [0.717, 1.165) is 6.54 Å². The average molecular weight is 314 g/mol. The smallest absolute Gasteiger partial charge is 0.248 e. The lowest BCUT2D eigenvalue weighted by molar-refractivity contribution is -0.138. The summed E-state index contributed by atoms with van der Waals surface area (Å²) >= 11 is 0. The van der Waals surface area contributed by atoms with Gasteiger partial charge in [-0.15, -0.1) is 0 Å². The molecule has 118 valence electrons. The van der Waals surface area contributed by atoms with Crippen LogP contribution in [0.15, 0.2) is 0 Å². The van der Waals surface area contributed by atoms with Gasteiger partial charge in [0, 0.05) is 39.6 Å². The lowest BCUT2D eigenvalue weighted by atomic mass is 10.0. The molecular formula is C14H22N2O4S. The monoisotopic (exact) mass is 314 g/mol. The fourth-order valence-electron chi connectivity index (χ4n) is 3.32. The fraction of sp³-hybridized carbons (Fsp3) is 0.857. The SMILES string of the molecule is COCC(=O)N1CCC2(CC1)N(CC1CC1)C(=O)CS2=O. The molecule has 2 amide bonds. The second-order valence-electron chi connectivity index (χ2n) is 6.20. The molecule has 3 rings (SSSR count). The molecule has 0 aromatic rings. The van der Waals surface area contributed by atoms with Gasteiger partial charge in [0.15, 0.2) is 0 Å². The fourth-order valence-corrected chi connectivity index (χ4v) is 5.03. The van der Waals surface area contributed by atoms with E-state index in [9.17, 15) is 13.8 Å². The number of piperidine rings is 1. The summed E-state index contributed by atoms with van der Waals surface area (Å²) in [5.41, 5.74) is 0. The van der Waals surface area contributed by atoms with Gasteiger partial charge in [-0.3, -0.25) is 13.8 Å². The third kappa shape index (κ3) is 2.73. The Morgan fingerprint density at radius 2 is 2.05 bits per heavy atom. The van der Waals surface area contributed by atoms with Gasteiger partial charge in [0.25, 0.3) is 0 Å². The van der Waals surface area contributed by atoms with Gasteiger partial charge in [0.2, 0.25) is 11.8 Å². The summed E-state index contributed by atoms with van der Waals surface area (Å²) in [5.74, 6) is 0.737. The summed E-state index contributed by atoms with van der Waals surface area (Å²) in [4.78, 5) is 27.1. The molecule has 1 saturated carbocycles. The maximum Gasteiger partial charge on any atom is 0.248 e. The Morgan fingerprint density at radius 3 is 2.62 bits per heavy atom. The van der Waals surface area contributed by atoms with Crippen molar-refractivity contribution in [2.75, 3.05) is 39.1 Å². The van der Waals surface area contributed by atoms with E-state index in [-0.39, 0.29) is 24.2 Å². The van der Waals surface area contributed by atoms with E-state index >= 15 is 0 Å². The lowest BCUT2D eigenvalue weighted by Gasteiger charge is -2.43. The number of carbonyl (C=O) groups excluding carboxylic acids is 2. The first-order valence-electron chi connectivity index (χ1n) is 7.52. The number of carbonyl (C=O) groups is 2. The van der Waals surface area contributed by atoms with Crippen LogP contribution in [0.4, 0.5) is 0 Å². The summed E-state index contributed by atoms with van der Waals surface area (Å²) in [6, 6.07) is 0. The standard InChI is InChI=1S/C14H22N2O4S/c1-20-9-12(17)15-6-4-14(5-7-15)16(8-11-2-3-11)13(18)10-21(14)19/h11H,2-10H2,1H3. The number of hydrogen-bond acceptors (Lipinski definition) is 4. The zero-order valence-electron chi connectivity index (χ0n) is 12.4. The van der Waals surface area contributed by atoms with E-state index in [1.807, 2.05) is 4.90 Å². The van der Waals surface area contributed by atoms with Crippen LogP contribution in [0, 0.1) is 5.92 Å². The van der Waals surface area contributed by atoms with Crippen molar-refractivity contribution in [3.8, 4) is 0 Å². The second kappa shape index (κ2) is 5.68. The molecule has 2 aliphatic heterocycles. The molecule has 1 atom stereocenters. The van der Waals surface area contributed by atoms with Crippen LogP contribution in [0.5, 0.6) is 0 Å². The number of methoxy groups -OCH3 is 1. The number of nitrogens with zero attached hydrogens (tertiary/aromatic N) is 2. The maximum atomic E-state index is 12.5. The van der Waals surface area contributed by atoms with Gasteiger partial charge >= 0.3 is 0 Å². The summed E-state index contributed by atoms with van der Waals surface area (Å²) < 4.78 is 17.4. The molecule has 6 nitrogen and oxygen atoms in total. The minimum atomic E-state index is -1.14. The van der Waals surface area contributed by atoms with Crippen molar-refractivity contribution in [1.82, 2.24) is 9.80 Å². The number of rotatable bonds is 4. The van der Waals surface area contributed by atoms with Crippen LogP contribution in [-0.2, 0) is 25.1 Å². The van der Waals surface area contributed by atoms with Crippen molar-refractivity contribution in [3.05, 3.63) is 0 Å². The van der Waals surface area contributed by atoms with E-state index in [2.05, 4.69) is 0 Å². The third-order valence-corrected chi connectivity index (χ3v) is 6.76. The highest BCUT2D eigenvalue weighted by Crippen LogP contribution is 2.41. The van der Waals surface area contributed by atoms with E-state index in [0.29, 0.717) is 31.8 Å². The Hall–Kier alpha value is -0.950. The Kier molecular flexibility index (Phi) is 4.05. The lowest BCUT2D eigenvalue weighted by Crippen LogP contribution is -2.56. The molecule has 0 bridgehead atoms. The van der Waals surface area contributed by atoms with Gasteiger partial charge < -0.3 is 14.5 Å². The van der Waals surface area contributed by atoms with E-state index in [4.69, 9.17) is 4.74 Å². The Labute approximate surface area is 127 Å². The minimum absolute atomic E-state index is 0.0249. The summed E-state index contributed by atoms with van der Waals surface area (Å²) in [6.07, 6.45) is 3.58. The zero-order chi connectivity index (χ0) is 15.0. The third-order valence-electron chi connectivity index (χ3n) is 4.77. The first-order chi connectivity index (χ1) is 10.1. The molecule has 3 aliphatic rings. The Balaban J connectivity index is 1.70. The van der Waals surface area contributed by atoms with Crippen molar-refractivity contribution in [2.24, 2.45) is 5.92 Å². The van der Waals surface area contributed by atoms with Crippen molar-refractivity contribution < 1.29 is 18.5 Å². The molecule has 2 saturated heterocycles. The molecule has 7 heteroatoms. The van der Waals surface area contributed by atoms with Gasteiger partial charge in [0.1, 0.15) is 17.2 Å². The highest BCUT2D eigenvalue weighted by molar-refractivity contribution is 7.87. The Bertz CT molecular complexity index is 470. The van der Waals surface area contributed by atoms with E-state index in [1.165, 1.54) is 20.0 Å². The predicted molar refractivity (Wildman–Crippen MR) is 77.9 cm³/mol. The average Bonchev–Trinajstić information content (AvgIpc) is 3.25. The van der Waals surface area contributed by atoms with Crippen molar-refractivity contribution >= 4 is 22.6 Å². The summed E-state index contributed by atoms with van der Waals surface area (Å²) in [5, 5.41) is 0. The molecule has 2 heterocycles. The molecule has 0 aromatic carbocycles. The largest absolute Gasteiger partial charge is 0.375 e. The van der Waals surface area contributed by atoms with Gasteiger partial charge in [-0.2, -0.15) is 0 Å². The predicted octanol–water partition coefficient (Wildman–Crippen LogP) is -0.0476. The van der Waals surface area contributed by atoms with Crippen LogP contribution in [-0.4, -0.2) is 69.8 Å². The molecule has 1 aliphatic carbocycles. The minimum Gasteiger partial charge on any atom is -0.375 e. The molecule has 0 aromatic heterocycles. The molecule has 1 spiro atoms. The van der Waals surface area contributed by atoms with Crippen LogP contribution in [0.2, 0.25) is 0 Å². The molecular weight excluding hydrogens is 292 g/mol. The van der Waals surface area contributed by atoms with E-state index in [1.54, 1.807) is 4.90 Å². The van der Waals surface area contributed by atoms with Crippen molar-refractivity contribution in [3.63, 3.8) is 0 Å². The first-order valence-corrected chi connectivity index (χ1v) is 8.84. The normalized spacial score (nSPS) is 28.4. The molecule has 0 N–H and O–H groups in total. The number of likely N-dealkylation sites (tertiary alicyclic amines) is 1. The quantitative estimate of drug-likeness (QED) is 0.730. The van der Waals surface area contributed by atoms with Crippen LogP contribution < -0.4 is 0 Å². The van der Waals surface area contributed by atoms with Crippen LogP contribution in [0.3, 0.4) is 0 Å².